The van der Waals surface area contributed by atoms with Gasteiger partial charge in [-0.2, -0.15) is 0 Å². The Morgan fingerprint density at radius 2 is 1.79 bits per heavy atom. The lowest BCUT2D eigenvalue weighted by Gasteiger charge is -2.38. The average Bonchev–Trinajstić information content (AvgIpc) is 3.35. The Hall–Kier alpha value is -3.01. The molecule has 3 N–H and O–H groups in total. The van der Waals surface area contributed by atoms with E-state index in [0.717, 1.165) is 0 Å². The van der Waals surface area contributed by atoms with Crippen LogP contribution in [0, 0.1) is 0 Å². The standard InChI is InChI=1S/C24H29NO7Si/c1-6-16-12-13-17(30-16)20-14(2)21(28)24(31-20,23(25)29)22(32-33(3,4)5)19(27)18(26)15-10-8-7-9-11-15/h7-13,19,22,27H,6H2,1-5H3,(H2,25,29)/t19?,22?,24-/m0/s1. The van der Waals surface area contributed by atoms with Gasteiger partial charge in [0.2, 0.25) is 5.78 Å². The van der Waals surface area contributed by atoms with Gasteiger partial charge in [0.05, 0.1) is 0 Å². The largest absolute Gasteiger partial charge is 0.462 e. The Morgan fingerprint density at radius 3 is 2.30 bits per heavy atom. The summed E-state index contributed by atoms with van der Waals surface area (Å²) in [6, 6.07) is 11.4. The van der Waals surface area contributed by atoms with Gasteiger partial charge in [-0.15, -0.1) is 0 Å². The fourth-order valence-corrected chi connectivity index (χ4v) is 4.80. The molecule has 1 amide bonds. The van der Waals surface area contributed by atoms with Crippen LogP contribution in [0.25, 0.3) is 5.76 Å². The second-order valence-electron chi connectivity index (χ2n) is 8.93. The first-order valence-corrected chi connectivity index (χ1v) is 14.1. The molecule has 0 spiro atoms. The minimum absolute atomic E-state index is 0.0297. The van der Waals surface area contributed by atoms with Crippen LogP contribution < -0.4 is 5.73 Å². The fourth-order valence-electron chi connectivity index (χ4n) is 3.74. The van der Waals surface area contributed by atoms with Crippen molar-refractivity contribution in [3.63, 3.8) is 0 Å². The van der Waals surface area contributed by atoms with Crippen molar-refractivity contribution in [2.45, 2.75) is 57.7 Å². The maximum atomic E-state index is 13.5. The number of primary amides is 1. The van der Waals surface area contributed by atoms with E-state index >= 15 is 0 Å². The van der Waals surface area contributed by atoms with E-state index in [1.807, 2.05) is 6.92 Å². The van der Waals surface area contributed by atoms with Gasteiger partial charge in [0, 0.05) is 17.6 Å². The number of rotatable bonds is 9. The highest BCUT2D eigenvalue weighted by atomic mass is 28.4. The van der Waals surface area contributed by atoms with Crippen molar-refractivity contribution in [1.82, 2.24) is 0 Å². The van der Waals surface area contributed by atoms with Crippen LogP contribution >= 0.6 is 0 Å². The number of aliphatic hydroxyl groups excluding tert-OH is 1. The van der Waals surface area contributed by atoms with Gasteiger partial charge in [0.25, 0.3) is 11.5 Å². The van der Waals surface area contributed by atoms with Crippen LogP contribution in [0.2, 0.25) is 19.6 Å². The molecule has 0 radical (unpaired) electrons. The first kappa shape index (κ1) is 24.6. The van der Waals surface area contributed by atoms with Crippen molar-refractivity contribution in [3.05, 3.63) is 65.1 Å². The number of hydrogen-bond donors (Lipinski definition) is 2. The summed E-state index contributed by atoms with van der Waals surface area (Å²) in [6.45, 7) is 8.79. The predicted octanol–water partition coefficient (Wildman–Crippen LogP) is 2.86. The number of carbonyl (C=O) groups is 3. The van der Waals surface area contributed by atoms with Gasteiger partial charge in [-0.05, 0) is 38.7 Å². The highest BCUT2D eigenvalue weighted by molar-refractivity contribution is 6.69. The maximum absolute atomic E-state index is 13.5. The third-order valence-electron chi connectivity index (χ3n) is 5.38. The average molecular weight is 472 g/mol. The van der Waals surface area contributed by atoms with E-state index in [1.165, 1.54) is 19.1 Å². The number of benzene rings is 1. The molecule has 2 heterocycles. The van der Waals surface area contributed by atoms with Gasteiger partial charge in [-0.3, -0.25) is 14.4 Å². The molecule has 33 heavy (non-hydrogen) atoms. The molecular formula is C24H29NO7Si. The summed E-state index contributed by atoms with van der Waals surface area (Å²) in [5.41, 5.74) is 3.59. The van der Waals surface area contributed by atoms with Crippen molar-refractivity contribution < 1.29 is 33.1 Å². The molecule has 8 nitrogen and oxygen atoms in total. The van der Waals surface area contributed by atoms with Crippen LogP contribution in [0.5, 0.6) is 0 Å². The van der Waals surface area contributed by atoms with E-state index in [9.17, 15) is 19.5 Å². The molecule has 0 saturated carbocycles. The zero-order valence-corrected chi connectivity index (χ0v) is 20.4. The predicted molar refractivity (Wildman–Crippen MR) is 124 cm³/mol. The van der Waals surface area contributed by atoms with Gasteiger partial charge in [-0.1, -0.05) is 37.3 Å². The smallest absolute Gasteiger partial charge is 0.275 e. The van der Waals surface area contributed by atoms with Crippen LogP contribution in [0.1, 0.15) is 35.7 Å². The number of carbonyl (C=O) groups excluding carboxylic acids is 3. The highest BCUT2D eigenvalue weighted by Gasteiger charge is 2.63. The minimum Gasteiger partial charge on any atom is -0.462 e. The Morgan fingerprint density at radius 1 is 1.15 bits per heavy atom. The van der Waals surface area contributed by atoms with Gasteiger partial charge >= 0.3 is 0 Å². The van der Waals surface area contributed by atoms with Crippen molar-refractivity contribution in [2.75, 3.05) is 0 Å². The van der Waals surface area contributed by atoms with Gasteiger partial charge in [0.1, 0.15) is 18.0 Å². The number of aliphatic hydroxyl groups is 1. The topological polar surface area (TPSA) is 129 Å². The maximum Gasteiger partial charge on any atom is 0.275 e. The second-order valence-corrected chi connectivity index (χ2v) is 13.4. The lowest BCUT2D eigenvalue weighted by atomic mass is 9.83. The van der Waals surface area contributed by atoms with Gasteiger partial charge in [-0.25, -0.2) is 0 Å². The van der Waals surface area contributed by atoms with Crippen molar-refractivity contribution in [3.8, 4) is 0 Å². The monoisotopic (exact) mass is 471 g/mol. The number of Topliss-reactive ketones (excluding diaryl/α,β-unsaturated/α-hetero) is 2. The van der Waals surface area contributed by atoms with Crippen LogP contribution in [0.15, 0.2) is 52.5 Å². The molecule has 0 bridgehead atoms. The minimum atomic E-state index is -2.54. The van der Waals surface area contributed by atoms with Crippen LogP contribution in [-0.4, -0.2) is 48.7 Å². The van der Waals surface area contributed by atoms with E-state index in [4.69, 9.17) is 19.3 Å². The third kappa shape index (κ3) is 4.57. The molecule has 2 unspecified atom stereocenters. The quantitative estimate of drug-likeness (QED) is 0.327. The van der Waals surface area contributed by atoms with Crippen molar-refractivity contribution in [2.24, 2.45) is 5.73 Å². The molecule has 3 rings (SSSR count). The fraction of sp³-hybridized carbons (Fsp3) is 0.375. The molecule has 0 saturated heterocycles. The van der Waals surface area contributed by atoms with Crippen LogP contribution in [0.4, 0.5) is 0 Å². The summed E-state index contributed by atoms with van der Waals surface area (Å²) >= 11 is 0. The molecule has 1 aliphatic heterocycles. The van der Waals surface area contributed by atoms with Gasteiger partial charge < -0.3 is 24.4 Å². The highest BCUT2D eigenvalue weighted by Crippen LogP contribution is 2.42. The number of ether oxygens (including phenoxy) is 1. The zero-order chi connectivity index (χ0) is 24.6. The molecule has 1 aliphatic rings. The SMILES string of the molecule is CCc1ccc(C2=C(C)C(=O)[C@@](C(N)=O)(C(O[Si](C)(C)C)C(O)C(=O)c3ccccc3)O2)o1. The number of ketones is 2. The second kappa shape index (κ2) is 9.09. The molecule has 9 heteroatoms. The molecule has 2 aromatic rings. The normalized spacial score (nSPS) is 20.5. The Kier molecular flexibility index (Phi) is 6.78. The van der Waals surface area contributed by atoms with E-state index < -0.39 is 43.6 Å². The van der Waals surface area contributed by atoms with Crippen molar-refractivity contribution in [1.29, 1.82) is 0 Å². The van der Waals surface area contributed by atoms with Crippen LogP contribution in [-0.2, 0) is 25.2 Å². The summed E-state index contributed by atoms with van der Waals surface area (Å²) in [6.07, 6.45) is -2.92. The first-order valence-electron chi connectivity index (χ1n) is 10.7. The number of aryl methyl sites for hydroxylation is 1. The molecule has 176 valence electrons. The van der Waals surface area contributed by atoms with E-state index in [1.54, 1.807) is 50.0 Å². The summed E-state index contributed by atoms with van der Waals surface area (Å²) in [5, 5.41) is 11.1. The number of hydrogen-bond acceptors (Lipinski definition) is 7. The molecule has 3 atom stereocenters. The van der Waals surface area contributed by atoms with E-state index in [-0.39, 0.29) is 22.7 Å². The molecule has 1 aromatic heterocycles. The van der Waals surface area contributed by atoms with Gasteiger partial charge in [0.15, 0.2) is 25.6 Å². The first-order chi connectivity index (χ1) is 15.4. The lowest BCUT2D eigenvalue weighted by molar-refractivity contribution is -0.160. The third-order valence-corrected chi connectivity index (χ3v) is 6.34. The Bertz CT molecular complexity index is 1100. The summed E-state index contributed by atoms with van der Waals surface area (Å²) in [7, 11) is -2.54. The number of furan rings is 1. The van der Waals surface area contributed by atoms with Crippen molar-refractivity contribution >= 4 is 31.6 Å². The Labute approximate surface area is 193 Å². The zero-order valence-electron chi connectivity index (χ0n) is 19.4. The van der Waals surface area contributed by atoms with E-state index in [2.05, 4.69) is 0 Å². The summed E-state index contributed by atoms with van der Waals surface area (Å²) in [5.74, 6) is -1.71. The summed E-state index contributed by atoms with van der Waals surface area (Å²) in [4.78, 5) is 39.5. The lowest BCUT2D eigenvalue weighted by Crippen LogP contribution is -2.65. The molecular weight excluding hydrogens is 442 g/mol. The molecule has 1 aromatic carbocycles. The molecule has 0 fully saturated rings. The van der Waals surface area contributed by atoms with Crippen LogP contribution in [0.3, 0.4) is 0 Å². The molecule has 0 aliphatic carbocycles. The number of nitrogens with two attached hydrogens (primary N) is 1. The Balaban J connectivity index is 2.10. The number of amides is 1. The van der Waals surface area contributed by atoms with E-state index in [0.29, 0.717) is 12.2 Å². The summed E-state index contributed by atoms with van der Waals surface area (Å²) < 4.78 is 17.7.